The molecule has 0 radical (unpaired) electrons. The van der Waals surface area contributed by atoms with Crippen molar-refractivity contribution in [2.75, 3.05) is 0 Å². The number of fused-ring (bicyclic) bond motifs is 5. The number of benzene rings is 9. The highest BCUT2D eigenvalue weighted by molar-refractivity contribution is 6.06. The Hall–Kier alpha value is -7.29. The van der Waals surface area contributed by atoms with E-state index in [1.165, 1.54) is 77.4 Å². The van der Waals surface area contributed by atoms with Gasteiger partial charge in [-0.3, -0.25) is 0 Å². The molecule has 0 heterocycles. The third-order valence-corrected chi connectivity index (χ3v) is 12.2. The normalized spacial score (nSPS) is 13.4. The van der Waals surface area contributed by atoms with Gasteiger partial charge in [-0.15, -0.1) is 0 Å². The Kier molecular flexibility index (Phi) is 9.11. The lowest BCUT2D eigenvalue weighted by Gasteiger charge is -2.21. The fourth-order valence-electron chi connectivity index (χ4n) is 9.09. The molecular formula is C57H44N2. The van der Waals surface area contributed by atoms with Crippen molar-refractivity contribution in [2.24, 2.45) is 10.7 Å². The number of aliphatic imine (C=N–C) groups is 1. The van der Waals surface area contributed by atoms with Gasteiger partial charge in [0.2, 0.25) is 0 Å². The zero-order valence-corrected chi connectivity index (χ0v) is 33.4. The number of hydrogen-bond donors (Lipinski definition) is 1. The predicted octanol–water partition coefficient (Wildman–Crippen LogP) is 14.3. The molecule has 0 fully saturated rings. The van der Waals surface area contributed by atoms with Crippen LogP contribution in [0.15, 0.2) is 211 Å². The van der Waals surface area contributed by atoms with Crippen LogP contribution in [0.5, 0.6) is 0 Å². The molecule has 0 saturated heterocycles. The quantitative estimate of drug-likeness (QED) is 0.122. The maximum atomic E-state index is 6.76. The molecule has 0 spiro atoms. The Balaban J connectivity index is 1.01. The van der Waals surface area contributed by atoms with Gasteiger partial charge in [0, 0.05) is 16.5 Å². The van der Waals surface area contributed by atoms with Crippen LogP contribution in [-0.4, -0.2) is 5.84 Å². The van der Waals surface area contributed by atoms with Crippen LogP contribution in [0.25, 0.3) is 71.7 Å². The molecule has 0 aromatic heterocycles. The standard InChI is InChI=1S/C57H44N2/c1-57(2)53-25-11-10-23-50(53)52-37-43(31-34-54(52)57)39-27-29-41(30-28-39)47-32-33-51(49-22-9-8-21-48(47)49)55(59-56(58)42-16-4-3-5-17-42)35-26-38-14-12-19-44(36-38)46-24-13-18-40-15-6-7-20-45(40)46/h3-25,27-37H,26H2,1-2H3,(H2,58,59)/b55-35-. The molecule has 0 bridgehead atoms. The first-order valence-electron chi connectivity index (χ1n) is 20.5. The van der Waals surface area contributed by atoms with E-state index in [1.807, 2.05) is 30.3 Å². The Labute approximate surface area is 346 Å². The van der Waals surface area contributed by atoms with Crippen LogP contribution in [-0.2, 0) is 11.8 Å². The number of amidine groups is 1. The minimum absolute atomic E-state index is 0.00165. The average Bonchev–Trinajstić information content (AvgIpc) is 3.52. The maximum Gasteiger partial charge on any atom is 0.131 e. The average molecular weight is 757 g/mol. The minimum atomic E-state index is -0.00165. The molecule has 2 heteroatoms. The van der Waals surface area contributed by atoms with Crippen LogP contribution in [0.2, 0.25) is 0 Å². The molecular weight excluding hydrogens is 713 g/mol. The van der Waals surface area contributed by atoms with Crippen LogP contribution in [0, 0.1) is 0 Å². The first-order valence-corrected chi connectivity index (χ1v) is 20.5. The lowest BCUT2D eigenvalue weighted by Crippen LogP contribution is -2.14. The van der Waals surface area contributed by atoms with Gasteiger partial charge >= 0.3 is 0 Å². The molecule has 9 aromatic carbocycles. The van der Waals surface area contributed by atoms with Crippen molar-refractivity contribution in [1.29, 1.82) is 0 Å². The molecule has 9 aromatic rings. The monoisotopic (exact) mass is 756 g/mol. The SMILES string of the molecule is CC1(C)c2ccccc2-c2cc(-c3ccc(-c4ccc(/C(=C/Cc5cccc(-c6cccc7ccccc67)c5)N=C(N)c5ccccc5)c5ccccc45)cc3)ccc21. The summed E-state index contributed by atoms with van der Waals surface area (Å²) in [7, 11) is 0. The summed E-state index contributed by atoms with van der Waals surface area (Å²) in [4.78, 5) is 5.15. The van der Waals surface area contributed by atoms with Crippen LogP contribution < -0.4 is 5.73 Å². The van der Waals surface area contributed by atoms with Crippen LogP contribution in [0.4, 0.5) is 0 Å². The van der Waals surface area contributed by atoms with Crippen LogP contribution in [0.3, 0.4) is 0 Å². The van der Waals surface area contributed by atoms with Gasteiger partial charge < -0.3 is 5.73 Å². The number of rotatable bonds is 8. The van der Waals surface area contributed by atoms with E-state index < -0.39 is 0 Å². The van der Waals surface area contributed by atoms with Gasteiger partial charge in [0.15, 0.2) is 0 Å². The molecule has 1 aliphatic carbocycles. The summed E-state index contributed by atoms with van der Waals surface area (Å²) in [6.07, 6.45) is 2.92. The second-order valence-corrected chi connectivity index (χ2v) is 16.1. The first-order chi connectivity index (χ1) is 28.9. The highest BCUT2D eigenvalue weighted by atomic mass is 14.9. The molecule has 282 valence electrons. The van der Waals surface area contributed by atoms with E-state index in [2.05, 4.69) is 190 Å². The van der Waals surface area contributed by atoms with Gasteiger partial charge in [0.1, 0.15) is 5.84 Å². The number of hydrogen-bond acceptors (Lipinski definition) is 1. The third-order valence-electron chi connectivity index (χ3n) is 12.2. The van der Waals surface area contributed by atoms with Crippen molar-refractivity contribution in [1.82, 2.24) is 0 Å². The van der Waals surface area contributed by atoms with Crippen molar-refractivity contribution in [2.45, 2.75) is 25.7 Å². The lowest BCUT2D eigenvalue weighted by molar-refractivity contribution is 0.660. The zero-order valence-electron chi connectivity index (χ0n) is 33.4. The van der Waals surface area contributed by atoms with Crippen LogP contribution >= 0.6 is 0 Å². The number of allylic oxidation sites excluding steroid dienone is 1. The summed E-state index contributed by atoms with van der Waals surface area (Å²) in [5.41, 5.74) is 23.5. The second kappa shape index (κ2) is 14.9. The summed E-state index contributed by atoms with van der Waals surface area (Å²) < 4.78 is 0. The topological polar surface area (TPSA) is 38.4 Å². The van der Waals surface area contributed by atoms with Crippen molar-refractivity contribution >= 4 is 33.1 Å². The highest BCUT2D eigenvalue weighted by Crippen LogP contribution is 2.49. The van der Waals surface area contributed by atoms with E-state index in [9.17, 15) is 0 Å². The molecule has 0 aliphatic heterocycles. The van der Waals surface area contributed by atoms with Gasteiger partial charge in [-0.25, -0.2) is 4.99 Å². The summed E-state index contributed by atoms with van der Waals surface area (Å²) in [6, 6.07) is 71.9. The van der Waals surface area contributed by atoms with Gasteiger partial charge in [-0.2, -0.15) is 0 Å². The van der Waals surface area contributed by atoms with Crippen molar-refractivity contribution in [3.05, 3.63) is 234 Å². The Morgan fingerprint density at radius 1 is 0.475 bits per heavy atom. The van der Waals surface area contributed by atoms with E-state index in [0.717, 1.165) is 22.2 Å². The summed E-state index contributed by atoms with van der Waals surface area (Å²) in [5, 5.41) is 4.80. The number of nitrogens with two attached hydrogens (primary N) is 1. The molecule has 0 atom stereocenters. The molecule has 10 rings (SSSR count). The second-order valence-electron chi connectivity index (χ2n) is 16.1. The summed E-state index contributed by atoms with van der Waals surface area (Å²) >= 11 is 0. The van der Waals surface area contributed by atoms with Crippen LogP contribution in [0.1, 0.15) is 41.7 Å². The summed E-state index contributed by atoms with van der Waals surface area (Å²) in [5.74, 6) is 0.490. The first kappa shape index (κ1) is 36.1. The molecule has 1 aliphatic rings. The lowest BCUT2D eigenvalue weighted by atomic mass is 9.82. The van der Waals surface area contributed by atoms with Crippen molar-refractivity contribution < 1.29 is 0 Å². The van der Waals surface area contributed by atoms with Gasteiger partial charge in [-0.05, 0) is 95.2 Å². The Bertz CT molecular complexity index is 3090. The maximum absolute atomic E-state index is 6.76. The Morgan fingerprint density at radius 3 is 1.95 bits per heavy atom. The van der Waals surface area contributed by atoms with Gasteiger partial charge in [-0.1, -0.05) is 214 Å². The molecule has 59 heavy (non-hydrogen) atoms. The molecule has 2 nitrogen and oxygen atoms in total. The van der Waals surface area contributed by atoms with E-state index in [4.69, 9.17) is 10.7 Å². The fraction of sp³-hybridized carbons (Fsp3) is 0.0702. The van der Waals surface area contributed by atoms with E-state index in [-0.39, 0.29) is 5.41 Å². The zero-order chi connectivity index (χ0) is 39.9. The van der Waals surface area contributed by atoms with E-state index >= 15 is 0 Å². The molecule has 0 saturated carbocycles. The van der Waals surface area contributed by atoms with Gasteiger partial charge in [0.05, 0.1) is 5.70 Å². The van der Waals surface area contributed by atoms with E-state index in [1.54, 1.807) is 0 Å². The molecule has 2 N–H and O–H groups in total. The van der Waals surface area contributed by atoms with Gasteiger partial charge in [0.25, 0.3) is 0 Å². The third kappa shape index (κ3) is 6.63. The minimum Gasteiger partial charge on any atom is -0.383 e. The highest BCUT2D eigenvalue weighted by Gasteiger charge is 2.35. The molecule has 0 unspecified atom stereocenters. The predicted molar refractivity (Wildman–Crippen MR) is 251 cm³/mol. The van der Waals surface area contributed by atoms with Crippen molar-refractivity contribution in [3.8, 4) is 44.5 Å². The fourth-order valence-corrected chi connectivity index (χ4v) is 9.09. The Morgan fingerprint density at radius 2 is 1.10 bits per heavy atom. The summed E-state index contributed by atoms with van der Waals surface area (Å²) in [6.45, 7) is 4.66. The molecule has 0 amide bonds. The largest absolute Gasteiger partial charge is 0.383 e. The van der Waals surface area contributed by atoms with E-state index in [0.29, 0.717) is 12.3 Å². The van der Waals surface area contributed by atoms with Crippen molar-refractivity contribution in [3.63, 3.8) is 0 Å². The number of nitrogens with zero attached hydrogens (tertiary/aromatic N) is 1. The smallest absolute Gasteiger partial charge is 0.131 e.